The van der Waals surface area contributed by atoms with Crippen LogP contribution in [0.2, 0.25) is 0 Å². The number of hydrogen-bond donors (Lipinski definition) is 3. The molecule has 0 spiro atoms. The first-order chi connectivity index (χ1) is 12.8. The monoisotopic (exact) mass is 369 g/mol. The van der Waals surface area contributed by atoms with Crippen LogP contribution in [0.3, 0.4) is 0 Å². The Morgan fingerprint density at radius 2 is 1.44 bits per heavy atom. The van der Waals surface area contributed by atoms with Gasteiger partial charge in [-0.05, 0) is 49.4 Å². The van der Waals surface area contributed by atoms with Crippen molar-refractivity contribution in [1.82, 2.24) is 0 Å². The molecule has 0 saturated heterocycles. The molecular formula is C20H23N3O4. The summed E-state index contributed by atoms with van der Waals surface area (Å²) < 4.78 is 5.32. The number of amides is 2. The molecule has 2 aromatic carbocycles. The van der Waals surface area contributed by atoms with E-state index in [1.807, 2.05) is 0 Å². The van der Waals surface area contributed by atoms with Gasteiger partial charge in [-0.2, -0.15) is 0 Å². The van der Waals surface area contributed by atoms with Crippen molar-refractivity contribution in [3.8, 4) is 5.75 Å². The zero-order valence-electron chi connectivity index (χ0n) is 15.8. The summed E-state index contributed by atoms with van der Waals surface area (Å²) in [5, 5.41) is 8.48. The van der Waals surface area contributed by atoms with Gasteiger partial charge in [0.25, 0.3) is 0 Å². The van der Waals surface area contributed by atoms with Crippen LogP contribution in [0, 0.1) is 0 Å². The van der Waals surface area contributed by atoms with Crippen molar-refractivity contribution in [3.63, 3.8) is 0 Å². The van der Waals surface area contributed by atoms with Gasteiger partial charge in [0.05, 0.1) is 18.8 Å². The van der Waals surface area contributed by atoms with Crippen molar-refractivity contribution in [2.24, 2.45) is 0 Å². The summed E-state index contributed by atoms with van der Waals surface area (Å²) in [5.41, 5.74) is 2.34. The van der Waals surface area contributed by atoms with Gasteiger partial charge in [-0.25, -0.2) is 0 Å². The number of benzene rings is 2. The minimum absolute atomic E-state index is 0.114. The average Bonchev–Trinajstić information content (AvgIpc) is 2.61. The quantitative estimate of drug-likeness (QED) is 0.651. The van der Waals surface area contributed by atoms with Crippen molar-refractivity contribution in [2.45, 2.75) is 26.8 Å². The largest absolute Gasteiger partial charge is 0.495 e. The molecule has 0 aromatic heterocycles. The van der Waals surface area contributed by atoms with E-state index in [-0.39, 0.29) is 17.6 Å². The van der Waals surface area contributed by atoms with Crippen molar-refractivity contribution in [3.05, 3.63) is 48.0 Å². The minimum atomic E-state index is -0.530. The molecule has 0 radical (unpaired) electrons. The number of ether oxygens (including phenoxy) is 1. The van der Waals surface area contributed by atoms with E-state index in [1.165, 1.54) is 21.0 Å². The molecule has 0 saturated carbocycles. The molecule has 0 bridgehead atoms. The van der Waals surface area contributed by atoms with Crippen LogP contribution in [0.1, 0.15) is 31.1 Å². The number of Topliss-reactive ketones (excluding diaryl/α,β-unsaturated/α-hetero) is 1. The Kier molecular flexibility index (Phi) is 6.54. The Balaban J connectivity index is 2.15. The van der Waals surface area contributed by atoms with Gasteiger partial charge >= 0.3 is 0 Å². The molecule has 0 aliphatic carbocycles. The fourth-order valence-electron chi connectivity index (χ4n) is 2.57. The maximum Gasteiger partial charge on any atom is 0.221 e. The maximum atomic E-state index is 12.7. The Hall–Kier alpha value is -3.35. The second-order valence-electron chi connectivity index (χ2n) is 6.09. The van der Waals surface area contributed by atoms with Gasteiger partial charge < -0.3 is 20.7 Å². The zero-order chi connectivity index (χ0) is 20.0. The van der Waals surface area contributed by atoms with Gasteiger partial charge in [0.2, 0.25) is 11.8 Å². The highest BCUT2D eigenvalue weighted by atomic mass is 16.5. The number of methoxy groups -OCH3 is 1. The van der Waals surface area contributed by atoms with Crippen LogP contribution in [0.4, 0.5) is 17.1 Å². The normalized spacial score (nSPS) is 11.3. The van der Waals surface area contributed by atoms with E-state index in [1.54, 1.807) is 49.4 Å². The maximum absolute atomic E-state index is 12.7. The highest BCUT2D eigenvalue weighted by molar-refractivity contribution is 6.02. The van der Waals surface area contributed by atoms with E-state index in [0.717, 1.165) is 0 Å². The Bertz CT molecular complexity index is 847. The summed E-state index contributed by atoms with van der Waals surface area (Å²) in [6.07, 6.45) is 0. The summed E-state index contributed by atoms with van der Waals surface area (Å²) in [7, 11) is 1.53. The van der Waals surface area contributed by atoms with Crippen molar-refractivity contribution in [2.75, 3.05) is 23.1 Å². The van der Waals surface area contributed by atoms with Crippen LogP contribution in [-0.2, 0) is 9.59 Å². The van der Waals surface area contributed by atoms with Crippen LogP contribution in [-0.4, -0.2) is 30.7 Å². The average molecular weight is 369 g/mol. The summed E-state index contributed by atoms with van der Waals surface area (Å²) in [5.74, 6) is 0.0888. The third-order valence-corrected chi connectivity index (χ3v) is 3.77. The third-order valence-electron chi connectivity index (χ3n) is 3.77. The lowest BCUT2D eigenvalue weighted by Gasteiger charge is -2.18. The number of carbonyl (C=O) groups excluding carboxylic acids is 3. The number of rotatable bonds is 7. The molecule has 1 atom stereocenters. The molecule has 2 aromatic rings. The van der Waals surface area contributed by atoms with E-state index < -0.39 is 6.04 Å². The number of carbonyl (C=O) groups is 3. The van der Waals surface area contributed by atoms with Crippen molar-refractivity contribution >= 4 is 34.7 Å². The fraction of sp³-hybridized carbons (Fsp3) is 0.250. The first-order valence-electron chi connectivity index (χ1n) is 8.44. The molecule has 2 rings (SSSR count). The standard InChI is InChI=1S/C20H23N3O4/c1-12(20(26)15-5-7-16(8-6-15)22-13(2)24)21-18-11-17(23-14(3)25)9-10-19(18)27-4/h5-12,21H,1-4H3,(H,22,24)(H,23,25)/t12-/m1/s1. The van der Waals surface area contributed by atoms with Crippen LogP contribution < -0.4 is 20.7 Å². The number of ketones is 1. The molecule has 2 amide bonds. The van der Waals surface area contributed by atoms with Crippen LogP contribution >= 0.6 is 0 Å². The van der Waals surface area contributed by atoms with Gasteiger partial charge in [0.15, 0.2) is 5.78 Å². The third kappa shape index (κ3) is 5.57. The van der Waals surface area contributed by atoms with Gasteiger partial charge in [-0.15, -0.1) is 0 Å². The first-order valence-corrected chi connectivity index (χ1v) is 8.44. The predicted octanol–water partition coefficient (Wildman–Crippen LogP) is 3.30. The molecule has 0 unspecified atom stereocenters. The molecule has 27 heavy (non-hydrogen) atoms. The molecule has 0 fully saturated rings. The van der Waals surface area contributed by atoms with E-state index in [2.05, 4.69) is 16.0 Å². The summed E-state index contributed by atoms with van der Waals surface area (Å²) in [4.78, 5) is 35.0. The van der Waals surface area contributed by atoms with Gasteiger partial charge in [-0.3, -0.25) is 14.4 Å². The minimum Gasteiger partial charge on any atom is -0.495 e. The lowest BCUT2D eigenvalue weighted by atomic mass is 10.0. The zero-order valence-corrected chi connectivity index (χ0v) is 15.8. The molecule has 142 valence electrons. The Morgan fingerprint density at radius 1 is 0.889 bits per heavy atom. The lowest BCUT2D eigenvalue weighted by molar-refractivity contribution is -0.115. The molecule has 0 heterocycles. The SMILES string of the molecule is COc1ccc(NC(C)=O)cc1N[C@H](C)C(=O)c1ccc(NC(C)=O)cc1. The van der Waals surface area contributed by atoms with E-state index in [4.69, 9.17) is 4.74 Å². The van der Waals surface area contributed by atoms with E-state index in [0.29, 0.717) is 28.4 Å². The Labute approximate surface area is 158 Å². The summed E-state index contributed by atoms with van der Waals surface area (Å²) in [6.45, 7) is 4.59. The van der Waals surface area contributed by atoms with Crippen molar-refractivity contribution < 1.29 is 19.1 Å². The molecular weight excluding hydrogens is 346 g/mol. The lowest BCUT2D eigenvalue weighted by Crippen LogP contribution is -2.26. The van der Waals surface area contributed by atoms with Crippen LogP contribution in [0.5, 0.6) is 5.75 Å². The van der Waals surface area contributed by atoms with Gasteiger partial charge in [-0.1, -0.05) is 0 Å². The highest BCUT2D eigenvalue weighted by Crippen LogP contribution is 2.29. The summed E-state index contributed by atoms with van der Waals surface area (Å²) in [6, 6.07) is 11.3. The number of nitrogens with one attached hydrogen (secondary N) is 3. The smallest absolute Gasteiger partial charge is 0.221 e. The second-order valence-corrected chi connectivity index (χ2v) is 6.09. The predicted molar refractivity (Wildman–Crippen MR) is 105 cm³/mol. The molecule has 7 heteroatoms. The number of anilines is 3. The molecule has 7 nitrogen and oxygen atoms in total. The van der Waals surface area contributed by atoms with Crippen LogP contribution in [0.25, 0.3) is 0 Å². The fourth-order valence-corrected chi connectivity index (χ4v) is 2.57. The van der Waals surface area contributed by atoms with E-state index >= 15 is 0 Å². The van der Waals surface area contributed by atoms with E-state index in [9.17, 15) is 14.4 Å². The van der Waals surface area contributed by atoms with Gasteiger partial charge in [0.1, 0.15) is 5.75 Å². The Morgan fingerprint density at radius 3 is 2.00 bits per heavy atom. The molecule has 0 aliphatic heterocycles. The molecule has 3 N–H and O–H groups in total. The second kappa shape index (κ2) is 8.84. The highest BCUT2D eigenvalue weighted by Gasteiger charge is 2.17. The van der Waals surface area contributed by atoms with Crippen molar-refractivity contribution in [1.29, 1.82) is 0 Å². The summed E-state index contributed by atoms with van der Waals surface area (Å²) >= 11 is 0. The van der Waals surface area contributed by atoms with Crippen LogP contribution in [0.15, 0.2) is 42.5 Å². The topological polar surface area (TPSA) is 96.5 Å². The number of hydrogen-bond acceptors (Lipinski definition) is 5. The van der Waals surface area contributed by atoms with Gasteiger partial charge in [0, 0.05) is 30.8 Å². The first kappa shape index (κ1) is 20.0. The molecule has 0 aliphatic rings.